The van der Waals surface area contributed by atoms with Crippen LogP contribution in [-0.2, 0) is 14.1 Å². The molecule has 0 unspecified atom stereocenters. The van der Waals surface area contributed by atoms with E-state index >= 15 is 0 Å². The average Bonchev–Trinajstić information content (AvgIpc) is 3.47. The van der Waals surface area contributed by atoms with E-state index in [1.807, 2.05) is 40.8 Å². The van der Waals surface area contributed by atoms with Crippen LogP contribution in [0.4, 0.5) is 0 Å². The number of benzene rings is 1. The molecule has 1 aliphatic carbocycles. The van der Waals surface area contributed by atoms with Gasteiger partial charge in [0.15, 0.2) is 5.69 Å². The fourth-order valence-corrected chi connectivity index (χ4v) is 5.14. The van der Waals surface area contributed by atoms with Crippen molar-refractivity contribution in [1.82, 2.24) is 29.0 Å². The van der Waals surface area contributed by atoms with Crippen molar-refractivity contribution in [2.24, 2.45) is 14.1 Å². The van der Waals surface area contributed by atoms with Crippen LogP contribution in [0.15, 0.2) is 29.1 Å². The summed E-state index contributed by atoms with van der Waals surface area (Å²) in [6, 6.07) is 8.11. The Hall–Kier alpha value is -2.90. The maximum Gasteiger partial charge on any atom is 0.345 e. The molecule has 5 rings (SSSR count). The van der Waals surface area contributed by atoms with E-state index in [1.54, 1.807) is 11.7 Å². The highest BCUT2D eigenvalue weighted by Gasteiger charge is 2.32. The highest BCUT2D eigenvalue weighted by atomic mass is 16.2. The van der Waals surface area contributed by atoms with Crippen molar-refractivity contribution < 1.29 is 4.79 Å². The van der Waals surface area contributed by atoms with Crippen molar-refractivity contribution >= 4 is 16.8 Å². The van der Waals surface area contributed by atoms with Crippen molar-refractivity contribution in [2.45, 2.75) is 50.5 Å². The molecule has 0 atom stereocenters. The van der Waals surface area contributed by atoms with Gasteiger partial charge in [-0.1, -0.05) is 31.0 Å². The van der Waals surface area contributed by atoms with E-state index in [2.05, 4.69) is 10.2 Å². The van der Waals surface area contributed by atoms with Gasteiger partial charge in [0.25, 0.3) is 5.91 Å². The highest BCUT2D eigenvalue weighted by molar-refractivity contribution is 6.04. The molecule has 1 saturated heterocycles. The summed E-state index contributed by atoms with van der Waals surface area (Å²) in [5.74, 6) is 1.10. The van der Waals surface area contributed by atoms with Gasteiger partial charge >= 0.3 is 5.69 Å². The van der Waals surface area contributed by atoms with Crippen LogP contribution in [-0.4, -0.2) is 48.0 Å². The number of nitrogens with zero attached hydrogens (tertiary/aromatic N) is 6. The van der Waals surface area contributed by atoms with Gasteiger partial charge in [0.2, 0.25) is 0 Å². The number of rotatable bonds is 3. The van der Waals surface area contributed by atoms with Gasteiger partial charge in [-0.15, -0.1) is 0 Å². The van der Waals surface area contributed by atoms with Gasteiger partial charge < -0.3 is 4.90 Å². The first-order chi connectivity index (χ1) is 14.5. The summed E-state index contributed by atoms with van der Waals surface area (Å²) < 4.78 is 5.19. The summed E-state index contributed by atoms with van der Waals surface area (Å²) in [6.07, 6.45) is 6.11. The predicted octanol–water partition coefficient (Wildman–Crippen LogP) is 2.60. The molecule has 3 heterocycles. The second-order valence-corrected chi connectivity index (χ2v) is 8.63. The van der Waals surface area contributed by atoms with Crippen LogP contribution < -0.4 is 5.69 Å². The molecule has 2 aliphatic rings. The Labute approximate surface area is 175 Å². The molecule has 0 bridgehead atoms. The zero-order chi connectivity index (χ0) is 20.8. The van der Waals surface area contributed by atoms with Gasteiger partial charge in [-0.2, -0.15) is 10.2 Å². The Bertz CT molecular complexity index is 1140. The van der Waals surface area contributed by atoms with E-state index in [9.17, 15) is 9.59 Å². The van der Waals surface area contributed by atoms with Crippen LogP contribution in [0, 0.1) is 0 Å². The third-order valence-electron chi connectivity index (χ3n) is 6.78. The third kappa shape index (κ3) is 3.05. The van der Waals surface area contributed by atoms with Crippen molar-refractivity contribution in [1.29, 1.82) is 0 Å². The van der Waals surface area contributed by atoms with Crippen molar-refractivity contribution in [3.05, 3.63) is 46.3 Å². The Kier molecular flexibility index (Phi) is 4.72. The number of fused-ring (bicyclic) bond motifs is 1. The fraction of sp³-hybridized carbons (Fsp3) is 0.545. The summed E-state index contributed by atoms with van der Waals surface area (Å²) in [6.45, 7) is 1.31. The molecule has 8 heteroatoms. The van der Waals surface area contributed by atoms with Crippen LogP contribution in [0.1, 0.15) is 66.8 Å². The minimum absolute atomic E-state index is 0.00430. The summed E-state index contributed by atoms with van der Waals surface area (Å²) in [5, 5.41) is 9.98. The van der Waals surface area contributed by atoms with Crippen LogP contribution in [0.2, 0.25) is 0 Å². The molecular weight excluding hydrogens is 380 g/mol. The zero-order valence-electron chi connectivity index (χ0n) is 17.6. The number of aromatic nitrogens is 5. The number of para-hydroxylation sites is 1. The molecule has 1 saturated carbocycles. The second kappa shape index (κ2) is 7.41. The van der Waals surface area contributed by atoms with E-state index < -0.39 is 0 Å². The summed E-state index contributed by atoms with van der Waals surface area (Å²) in [7, 11) is 3.61. The first-order valence-electron chi connectivity index (χ1n) is 10.9. The Balaban J connectivity index is 1.35. The SMILES string of the molecule is Cn1nc(C2CCN(C(=O)c3nn(C)c4ccccc34)CC2)n(C2CCCC2)c1=O. The number of carbonyl (C=O) groups is 1. The van der Waals surface area contributed by atoms with Crippen LogP contribution in [0.3, 0.4) is 0 Å². The number of likely N-dealkylation sites (tertiary alicyclic amines) is 1. The lowest BCUT2D eigenvalue weighted by Gasteiger charge is -2.31. The monoisotopic (exact) mass is 408 g/mol. The molecule has 30 heavy (non-hydrogen) atoms. The maximum absolute atomic E-state index is 13.2. The topological polar surface area (TPSA) is 78.0 Å². The summed E-state index contributed by atoms with van der Waals surface area (Å²) in [4.78, 5) is 27.8. The lowest BCUT2D eigenvalue weighted by Crippen LogP contribution is -2.39. The molecule has 2 aromatic heterocycles. The van der Waals surface area contributed by atoms with Crippen LogP contribution in [0.5, 0.6) is 0 Å². The van der Waals surface area contributed by atoms with Gasteiger partial charge in [0, 0.05) is 44.5 Å². The number of piperidine rings is 1. The van der Waals surface area contributed by atoms with E-state index in [-0.39, 0.29) is 23.6 Å². The molecule has 0 spiro atoms. The van der Waals surface area contributed by atoms with Gasteiger partial charge in [0.05, 0.1) is 5.52 Å². The van der Waals surface area contributed by atoms with E-state index in [1.165, 1.54) is 17.5 Å². The normalized spacial score (nSPS) is 18.5. The molecule has 2 fully saturated rings. The van der Waals surface area contributed by atoms with Gasteiger partial charge in [0.1, 0.15) is 5.82 Å². The summed E-state index contributed by atoms with van der Waals surface area (Å²) >= 11 is 0. The minimum atomic E-state index is -0.0144. The molecule has 8 nitrogen and oxygen atoms in total. The summed E-state index contributed by atoms with van der Waals surface area (Å²) in [5.41, 5.74) is 1.48. The van der Waals surface area contributed by atoms with Crippen LogP contribution >= 0.6 is 0 Å². The molecule has 1 amide bonds. The number of hydrogen-bond donors (Lipinski definition) is 0. The molecule has 158 valence electrons. The third-order valence-corrected chi connectivity index (χ3v) is 6.78. The van der Waals surface area contributed by atoms with Gasteiger partial charge in [-0.05, 0) is 31.7 Å². The molecule has 1 aliphatic heterocycles. The molecule has 1 aromatic carbocycles. The second-order valence-electron chi connectivity index (χ2n) is 8.63. The largest absolute Gasteiger partial charge is 0.345 e. The minimum Gasteiger partial charge on any atom is -0.337 e. The predicted molar refractivity (Wildman–Crippen MR) is 114 cm³/mol. The van der Waals surface area contributed by atoms with E-state index in [0.717, 1.165) is 42.4 Å². The van der Waals surface area contributed by atoms with E-state index in [4.69, 9.17) is 0 Å². The molecule has 3 aromatic rings. The van der Waals surface area contributed by atoms with Gasteiger partial charge in [-0.25, -0.2) is 9.48 Å². The maximum atomic E-state index is 13.2. The average molecular weight is 409 g/mol. The fourth-order valence-electron chi connectivity index (χ4n) is 5.14. The van der Waals surface area contributed by atoms with Crippen LogP contribution in [0.25, 0.3) is 10.9 Å². The smallest absolute Gasteiger partial charge is 0.337 e. The first kappa shape index (κ1) is 19.1. The first-order valence-corrected chi connectivity index (χ1v) is 10.9. The standard InChI is InChI=1S/C22H28N6O2/c1-25-18-10-6-5-9-17(18)19(23-25)21(29)27-13-11-15(12-14-27)20-24-26(2)22(30)28(20)16-7-3-4-8-16/h5-6,9-10,15-16H,3-4,7-8,11-14H2,1-2H3. The lowest BCUT2D eigenvalue weighted by molar-refractivity contribution is 0.0704. The number of carbonyl (C=O) groups excluding carboxylic acids is 1. The highest BCUT2D eigenvalue weighted by Crippen LogP contribution is 2.34. The number of amides is 1. The lowest BCUT2D eigenvalue weighted by atomic mass is 9.95. The Morgan fingerprint density at radius 1 is 0.967 bits per heavy atom. The molecule has 0 N–H and O–H groups in total. The number of hydrogen-bond acceptors (Lipinski definition) is 4. The van der Waals surface area contributed by atoms with Crippen molar-refractivity contribution in [3.8, 4) is 0 Å². The van der Waals surface area contributed by atoms with Crippen molar-refractivity contribution in [3.63, 3.8) is 0 Å². The van der Waals surface area contributed by atoms with Crippen molar-refractivity contribution in [2.75, 3.05) is 13.1 Å². The zero-order valence-corrected chi connectivity index (χ0v) is 17.6. The number of aryl methyl sites for hydroxylation is 2. The quantitative estimate of drug-likeness (QED) is 0.667. The Morgan fingerprint density at radius 2 is 1.67 bits per heavy atom. The van der Waals surface area contributed by atoms with Gasteiger partial charge in [-0.3, -0.25) is 14.0 Å². The molecule has 0 radical (unpaired) electrons. The molecular formula is C22H28N6O2. The Morgan fingerprint density at radius 3 is 2.40 bits per heavy atom. The van der Waals surface area contributed by atoms with E-state index in [0.29, 0.717) is 18.8 Å².